The third-order valence-electron chi connectivity index (χ3n) is 6.74. The molecule has 0 bridgehead atoms. The Balaban J connectivity index is 1.24. The number of rotatable bonds is 8. The lowest BCUT2D eigenvalue weighted by molar-refractivity contribution is -0.119. The molecule has 35 heavy (non-hydrogen) atoms. The lowest BCUT2D eigenvalue weighted by atomic mass is 10.0. The van der Waals surface area contributed by atoms with Gasteiger partial charge in [0, 0.05) is 42.4 Å². The highest BCUT2D eigenvalue weighted by atomic mass is 16.1. The molecule has 2 fully saturated rings. The molecule has 6 rings (SSSR count). The Hall–Kier alpha value is -4.21. The Kier molecular flexibility index (Phi) is 5.20. The first-order chi connectivity index (χ1) is 17.0. The predicted octanol–water partition coefficient (Wildman–Crippen LogP) is 2.95. The Morgan fingerprint density at radius 1 is 1.14 bits per heavy atom. The van der Waals surface area contributed by atoms with Crippen LogP contribution in [0.1, 0.15) is 53.2 Å². The van der Waals surface area contributed by atoms with E-state index < -0.39 is 5.91 Å². The predicted molar refractivity (Wildman–Crippen MR) is 131 cm³/mol. The molecule has 4 N–H and O–H groups in total. The van der Waals surface area contributed by atoms with Gasteiger partial charge in [-0.15, -0.1) is 5.10 Å². The number of nitrogens with zero attached hydrogens (tertiary/aromatic N) is 5. The number of aromatic amines is 1. The van der Waals surface area contributed by atoms with Crippen LogP contribution in [0, 0.1) is 0 Å². The number of Topliss-reactive ketones (excluding diaryl/α,β-unsaturated/α-hetero) is 1. The summed E-state index contributed by atoms with van der Waals surface area (Å²) in [6, 6.07) is 12.5. The van der Waals surface area contributed by atoms with Crippen molar-refractivity contribution in [2.24, 2.45) is 5.73 Å². The maximum atomic E-state index is 13.3. The van der Waals surface area contributed by atoms with Gasteiger partial charge in [-0.3, -0.25) is 14.7 Å². The fraction of sp³-hybridized carbons (Fsp3) is 0.320. The molecule has 1 atom stereocenters. The quantitative estimate of drug-likeness (QED) is 0.360. The zero-order chi connectivity index (χ0) is 23.9. The molecule has 178 valence electrons. The van der Waals surface area contributed by atoms with Crippen molar-refractivity contribution in [2.75, 3.05) is 16.8 Å². The molecule has 1 aliphatic carbocycles. The standard InChI is InChI=1S/C25H26N8O2/c26-23(35)17-7-5-15(6-8-17)13-21(34)19-3-1-11-32(19)25-28-24(20-4-2-12-33(20)31-25)27-22-14-18(29-30-22)16-9-10-16/h2,4-8,12,14,16,19H,1,3,9-11,13H2,(H2,26,35)(H2,27,28,29,30,31)/t19-/m0/s1. The van der Waals surface area contributed by atoms with Crippen LogP contribution in [-0.2, 0) is 11.2 Å². The highest BCUT2D eigenvalue weighted by Crippen LogP contribution is 2.39. The third-order valence-corrected chi connectivity index (χ3v) is 6.74. The highest BCUT2D eigenvalue weighted by molar-refractivity contribution is 5.93. The minimum Gasteiger partial charge on any atom is -0.366 e. The summed E-state index contributed by atoms with van der Waals surface area (Å²) in [6.07, 6.45) is 6.17. The van der Waals surface area contributed by atoms with Gasteiger partial charge in [-0.05, 0) is 55.5 Å². The molecular weight excluding hydrogens is 444 g/mol. The maximum Gasteiger partial charge on any atom is 0.248 e. The number of nitrogens with two attached hydrogens (primary N) is 1. The number of carbonyl (C=O) groups is 2. The van der Waals surface area contributed by atoms with Crippen LogP contribution in [0.3, 0.4) is 0 Å². The minimum absolute atomic E-state index is 0.0985. The van der Waals surface area contributed by atoms with Crippen molar-refractivity contribution < 1.29 is 9.59 Å². The molecule has 1 aliphatic heterocycles. The number of H-pyrrole nitrogens is 1. The van der Waals surface area contributed by atoms with Gasteiger partial charge in [-0.25, -0.2) is 4.52 Å². The first-order valence-electron chi connectivity index (χ1n) is 11.9. The number of fused-ring (bicyclic) bond motifs is 1. The molecule has 1 amide bonds. The van der Waals surface area contributed by atoms with E-state index in [1.54, 1.807) is 28.8 Å². The number of hydrogen-bond donors (Lipinski definition) is 3. The molecule has 10 nitrogen and oxygen atoms in total. The molecule has 1 saturated heterocycles. The van der Waals surface area contributed by atoms with E-state index in [9.17, 15) is 9.59 Å². The Labute approximate surface area is 201 Å². The molecule has 4 heterocycles. The summed E-state index contributed by atoms with van der Waals surface area (Å²) >= 11 is 0. The van der Waals surface area contributed by atoms with Gasteiger partial charge in [-0.2, -0.15) is 10.1 Å². The number of nitrogens with one attached hydrogen (secondary N) is 2. The molecule has 4 aromatic rings. The fourth-order valence-corrected chi connectivity index (χ4v) is 4.71. The fourth-order valence-electron chi connectivity index (χ4n) is 4.71. The topological polar surface area (TPSA) is 134 Å². The van der Waals surface area contributed by atoms with Crippen molar-refractivity contribution in [3.8, 4) is 0 Å². The molecule has 1 aromatic carbocycles. The Bertz CT molecular complexity index is 1400. The number of aromatic nitrogens is 5. The normalized spacial score (nSPS) is 17.7. The van der Waals surface area contributed by atoms with Crippen LogP contribution in [0.5, 0.6) is 0 Å². The summed E-state index contributed by atoms with van der Waals surface area (Å²) in [7, 11) is 0. The van der Waals surface area contributed by atoms with Crippen LogP contribution in [0.2, 0.25) is 0 Å². The SMILES string of the molecule is NC(=O)c1ccc(CC(=O)[C@@H]2CCCN2c2nc(Nc3cc(C4CC4)[nH]n3)c3cccn3n2)cc1. The zero-order valence-corrected chi connectivity index (χ0v) is 19.1. The van der Waals surface area contributed by atoms with Crippen LogP contribution in [0.15, 0.2) is 48.7 Å². The van der Waals surface area contributed by atoms with Crippen molar-refractivity contribution in [3.05, 3.63) is 65.5 Å². The minimum atomic E-state index is -0.481. The average molecular weight is 471 g/mol. The summed E-state index contributed by atoms with van der Waals surface area (Å²) in [5.74, 6) is 2.07. The molecule has 0 spiro atoms. The van der Waals surface area contributed by atoms with Crippen molar-refractivity contribution in [2.45, 2.75) is 44.1 Å². The van der Waals surface area contributed by atoms with Gasteiger partial charge in [-0.1, -0.05) is 12.1 Å². The van der Waals surface area contributed by atoms with Crippen molar-refractivity contribution in [1.29, 1.82) is 0 Å². The van der Waals surface area contributed by atoms with Crippen LogP contribution >= 0.6 is 0 Å². The summed E-state index contributed by atoms with van der Waals surface area (Å²) in [5, 5.41) is 15.5. The summed E-state index contributed by atoms with van der Waals surface area (Å²) in [4.78, 5) is 31.4. The van der Waals surface area contributed by atoms with Gasteiger partial charge in [0.2, 0.25) is 11.9 Å². The zero-order valence-electron chi connectivity index (χ0n) is 19.1. The van der Waals surface area contributed by atoms with Crippen LogP contribution in [-0.4, -0.2) is 49.1 Å². The van der Waals surface area contributed by atoms with Gasteiger partial charge in [0.1, 0.15) is 5.52 Å². The number of benzene rings is 1. The van der Waals surface area contributed by atoms with Crippen molar-refractivity contribution in [3.63, 3.8) is 0 Å². The van der Waals surface area contributed by atoms with Crippen molar-refractivity contribution >= 4 is 34.8 Å². The smallest absolute Gasteiger partial charge is 0.248 e. The third kappa shape index (κ3) is 4.23. The molecule has 1 saturated carbocycles. The van der Waals surface area contributed by atoms with E-state index in [4.69, 9.17) is 15.8 Å². The van der Waals surface area contributed by atoms with E-state index in [1.165, 1.54) is 12.8 Å². The van der Waals surface area contributed by atoms with E-state index in [0.717, 1.165) is 29.6 Å². The highest BCUT2D eigenvalue weighted by Gasteiger charge is 2.33. The van der Waals surface area contributed by atoms with Gasteiger partial charge >= 0.3 is 0 Å². The number of ketones is 1. The number of carbonyl (C=O) groups excluding carboxylic acids is 2. The lowest BCUT2D eigenvalue weighted by Gasteiger charge is -2.24. The molecule has 3 aromatic heterocycles. The van der Waals surface area contributed by atoms with E-state index in [1.807, 2.05) is 29.3 Å². The number of hydrogen-bond acceptors (Lipinski definition) is 7. The Morgan fingerprint density at radius 3 is 2.74 bits per heavy atom. The largest absolute Gasteiger partial charge is 0.366 e. The average Bonchev–Trinajstić information content (AvgIpc) is 3.24. The van der Waals surface area contributed by atoms with E-state index >= 15 is 0 Å². The van der Waals surface area contributed by atoms with Gasteiger partial charge in [0.25, 0.3) is 0 Å². The first-order valence-corrected chi connectivity index (χ1v) is 11.9. The maximum absolute atomic E-state index is 13.3. The van der Waals surface area contributed by atoms with Crippen LogP contribution in [0.25, 0.3) is 5.52 Å². The Morgan fingerprint density at radius 2 is 1.97 bits per heavy atom. The second-order valence-electron chi connectivity index (χ2n) is 9.26. The van der Waals surface area contributed by atoms with E-state index in [2.05, 4.69) is 15.5 Å². The van der Waals surface area contributed by atoms with Gasteiger partial charge < -0.3 is 16.0 Å². The summed E-state index contributed by atoms with van der Waals surface area (Å²) < 4.78 is 1.78. The number of primary amides is 1. The molecule has 0 unspecified atom stereocenters. The van der Waals surface area contributed by atoms with Gasteiger partial charge in [0.05, 0.1) is 6.04 Å². The second kappa shape index (κ2) is 8.53. The summed E-state index contributed by atoms with van der Waals surface area (Å²) in [6.45, 7) is 0.706. The number of anilines is 3. The summed E-state index contributed by atoms with van der Waals surface area (Å²) in [5.41, 5.74) is 8.57. The molecular formula is C25H26N8O2. The van der Waals surface area contributed by atoms with Crippen molar-refractivity contribution in [1.82, 2.24) is 24.8 Å². The second-order valence-corrected chi connectivity index (χ2v) is 9.26. The lowest BCUT2D eigenvalue weighted by Crippen LogP contribution is -2.38. The molecule has 0 radical (unpaired) electrons. The van der Waals surface area contributed by atoms with E-state index in [-0.39, 0.29) is 18.2 Å². The van der Waals surface area contributed by atoms with Gasteiger partial charge in [0.15, 0.2) is 17.4 Å². The molecule has 10 heteroatoms. The van der Waals surface area contributed by atoms with Crippen LogP contribution in [0.4, 0.5) is 17.6 Å². The number of amides is 1. The van der Waals surface area contributed by atoms with Crippen LogP contribution < -0.4 is 16.0 Å². The monoisotopic (exact) mass is 470 g/mol. The molecule has 2 aliphatic rings. The van der Waals surface area contributed by atoms with E-state index in [0.29, 0.717) is 35.6 Å². The first kappa shape index (κ1) is 21.3.